The van der Waals surface area contributed by atoms with E-state index in [4.69, 9.17) is 24.1 Å². The third-order valence-electron chi connectivity index (χ3n) is 10.8. The van der Waals surface area contributed by atoms with Crippen LogP contribution < -0.4 is 21.3 Å². The molecule has 0 saturated carbocycles. The monoisotopic (exact) mass is 939 g/mol. The molecule has 0 aliphatic heterocycles. The molecule has 1 aromatic heterocycles. The highest BCUT2D eigenvalue weighted by molar-refractivity contribution is 5.94. The molecule has 0 fully saturated rings. The lowest BCUT2D eigenvalue weighted by Crippen LogP contribution is -2.50. The fraction of sp³-hybridized carbons (Fsp3) is 0.787. The summed E-state index contributed by atoms with van der Waals surface area (Å²) in [5.74, 6) is -3.98. The second kappa shape index (κ2) is 39.7. The zero-order valence-corrected chi connectivity index (χ0v) is 39.9. The topological polar surface area (TPSA) is 274 Å². The molecule has 0 aliphatic carbocycles. The van der Waals surface area contributed by atoms with Gasteiger partial charge in [-0.1, -0.05) is 83.5 Å². The summed E-state index contributed by atoms with van der Waals surface area (Å²) in [6, 6.07) is 0. The Balaban J connectivity index is 1.88. The Morgan fingerprint density at radius 1 is 0.576 bits per heavy atom. The predicted molar refractivity (Wildman–Crippen MR) is 248 cm³/mol. The average Bonchev–Trinajstić information content (AvgIpc) is 3.80. The molecule has 0 aliphatic rings. The number of carbonyl (C=O) groups excluding carboxylic acids is 5. The summed E-state index contributed by atoms with van der Waals surface area (Å²) >= 11 is 0. The first-order chi connectivity index (χ1) is 31.8. The van der Waals surface area contributed by atoms with Crippen LogP contribution in [0.25, 0.3) is 0 Å². The number of carboxylic acids is 2. The molecule has 66 heavy (non-hydrogen) atoms. The Bertz CT molecular complexity index is 1480. The van der Waals surface area contributed by atoms with Gasteiger partial charge in [-0.2, -0.15) is 0 Å². The summed E-state index contributed by atoms with van der Waals surface area (Å²) in [4.78, 5) is 90.5. The van der Waals surface area contributed by atoms with Crippen LogP contribution in [0.15, 0.2) is 12.5 Å². The normalized spacial score (nSPS) is 11.8. The number of amides is 4. The molecule has 4 amide bonds. The molecule has 1 aromatic rings. The molecule has 0 bridgehead atoms. The van der Waals surface area contributed by atoms with E-state index in [1.54, 1.807) is 20.0 Å². The summed E-state index contributed by atoms with van der Waals surface area (Å²) in [7, 11) is 0. The van der Waals surface area contributed by atoms with Crippen LogP contribution in [-0.4, -0.2) is 140 Å². The van der Waals surface area contributed by atoms with Gasteiger partial charge in [0.2, 0.25) is 23.6 Å². The summed E-state index contributed by atoms with van der Waals surface area (Å²) in [6.07, 6.45) is 21.6. The molecule has 1 rings (SSSR count). The second-order valence-corrected chi connectivity index (χ2v) is 17.1. The first-order valence-corrected chi connectivity index (χ1v) is 24.2. The minimum atomic E-state index is -1.22. The van der Waals surface area contributed by atoms with Crippen LogP contribution in [0, 0.1) is 5.92 Å². The highest BCUT2D eigenvalue weighted by atomic mass is 16.5. The molecular weight excluding hydrogens is 857 g/mol. The summed E-state index contributed by atoms with van der Waals surface area (Å²) < 4.78 is 21.5. The smallest absolute Gasteiger partial charge is 0.306 e. The number of aromatic amines is 1. The third-order valence-corrected chi connectivity index (χ3v) is 10.8. The second-order valence-electron chi connectivity index (χ2n) is 17.1. The van der Waals surface area contributed by atoms with Gasteiger partial charge in [0, 0.05) is 57.2 Å². The van der Waals surface area contributed by atoms with Crippen LogP contribution in [0.3, 0.4) is 0 Å². The van der Waals surface area contributed by atoms with Gasteiger partial charge in [0.15, 0.2) is 5.78 Å². The number of Topliss-reactive ketones (excluding diaryl/α,β-unsaturated/α-hetero) is 1. The van der Waals surface area contributed by atoms with Gasteiger partial charge in [-0.3, -0.25) is 33.6 Å². The van der Waals surface area contributed by atoms with Crippen molar-refractivity contribution >= 4 is 41.4 Å². The number of rotatable bonds is 46. The van der Waals surface area contributed by atoms with Crippen molar-refractivity contribution in [2.75, 3.05) is 72.5 Å². The molecule has 0 spiro atoms. The molecule has 0 unspecified atom stereocenters. The van der Waals surface area contributed by atoms with Crippen LogP contribution in [-0.2, 0) is 58.9 Å². The Morgan fingerprint density at radius 3 is 1.56 bits per heavy atom. The van der Waals surface area contributed by atoms with Crippen molar-refractivity contribution < 1.29 is 62.7 Å². The van der Waals surface area contributed by atoms with E-state index in [-0.39, 0.29) is 101 Å². The number of nitrogens with one attached hydrogen (secondary N) is 5. The minimum absolute atomic E-state index is 0.0284. The van der Waals surface area contributed by atoms with Gasteiger partial charge >= 0.3 is 11.9 Å². The number of ketones is 1. The number of carbonyl (C=O) groups is 7. The van der Waals surface area contributed by atoms with E-state index in [0.29, 0.717) is 52.0 Å². The number of nitrogens with zero attached hydrogens (tertiary/aromatic N) is 1. The van der Waals surface area contributed by atoms with Gasteiger partial charge in [0.25, 0.3) is 0 Å². The molecular formula is C47H82N6O13. The maximum Gasteiger partial charge on any atom is 0.306 e. The van der Waals surface area contributed by atoms with Gasteiger partial charge in [-0.15, -0.1) is 0 Å². The number of aryl methyl sites for hydroxylation is 1. The van der Waals surface area contributed by atoms with Crippen molar-refractivity contribution in [3.8, 4) is 0 Å². The molecule has 0 aromatic carbocycles. The van der Waals surface area contributed by atoms with Crippen molar-refractivity contribution in [3.63, 3.8) is 0 Å². The minimum Gasteiger partial charge on any atom is -0.481 e. The largest absolute Gasteiger partial charge is 0.481 e. The van der Waals surface area contributed by atoms with Crippen LogP contribution >= 0.6 is 0 Å². The number of H-pyrrole nitrogens is 1. The molecule has 378 valence electrons. The zero-order chi connectivity index (χ0) is 48.5. The summed E-state index contributed by atoms with van der Waals surface area (Å²) in [5, 5.41) is 29.3. The van der Waals surface area contributed by atoms with Crippen LogP contribution in [0.5, 0.6) is 0 Å². The lowest BCUT2D eigenvalue weighted by atomic mass is 9.88. The Labute approximate surface area is 391 Å². The zero-order valence-electron chi connectivity index (χ0n) is 39.9. The van der Waals surface area contributed by atoms with Gasteiger partial charge < -0.3 is 55.4 Å². The lowest BCUT2D eigenvalue weighted by Gasteiger charge is -2.26. The van der Waals surface area contributed by atoms with Crippen molar-refractivity contribution in [1.29, 1.82) is 0 Å². The maximum atomic E-state index is 12.9. The van der Waals surface area contributed by atoms with E-state index in [1.807, 2.05) is 0 Å². The quantitative estimate of drug-likeness (QED) is 0.0433. The number of aliphatic carboxylic acids is 2. The van der Waals surface area contributed by atoms with Crippen molar-refractivity contribution in [2.45, 2.75) is 161 Å². The molecule has 1 atom stereocenters. The Hall–Kier alpha value is -4.46. The standard InChI is InChI=1S/C47H82N6O13/c1-47(2,53-42(56)23-22-39-34-48-37-52-39)40(54)33-38(46(61)62)19-17-18-24-49-43(57)35-65-31-30-64-28-26-51-44(58)36-66-32-29-63-27-25-50-41(55)20-15-13-11-9-7-5-3-4-6-8-10-12-14-16-21-45(59)60/h34,37-38H,3-33,35-36H2,1-2H3,(H,48,52)(H,49,57)(H,50,55)(H,51,58)(H,53,56)(H,59,60)(H,61,62)/t38-/m1/s1. The number of hydrogen-bond acceptors (Lipinski definition) is 12. The first kappa shape index (κ1) is 59.6. The van der Waals surface area contributed by atoms with E-state index in [1.165, 1.54) is 57.7 Å². The van der Waals surface area contributed by atoms with Crippen LogP contribution in [0.4, 0.5) is 0 Å². The van der Waals surface area contributed by atoms with Crippen LogP contribution in [0.2, 0.25) is 0 Å². The van der Waals surface area contributed by atoms with E-state index >= 15 is 0 Å². The van der Waals surface area contributed by atoms with Gasteiger partial charge in [0.1, 0.15) is 13.2 Å². The maximum absolute atomic E-state index is 12.9. The lowest BCUT2D eigenvalue weighted by molar-refractivity contribution is -0.145. The van der Waals surface area contributed by atoms with Crippen molar-refractivity contribution in [1.82, 2.24) is 31.2 Å². The average molecular weight is 939 g/mol. The van der Waals surface area contributed by atoms with Gasteiger partial charge in [-0.25, -0.2) is 4.98 Å². The van der Waals surface area contributed by atoms with E-state index in [9.17, 15) is 38.7 Å². The number of unbranched alkanes of at least 4 members (excludes halogenated alkanes) is 14. The van der Waals surface area contributed by atoms with E-state index < -0.39 is 23.4 Å². The number of carboxylic acid groups (broad SMARTS) is 2. The number of hydrogen-bond donors (Lipinski definition) is 7. The molecule has 0 saturated heterocycles. The third kappa shape index (κ3) is 35.8. The fourth-order valence-electron chi connectivity index (χ4n) is 6.85. The molecule has 0 radical (unpaired) electrons. The molecule has 19 nitrogen and oxygen atoms in total. The molecule has 19 heteroatoms. The number of ether oxygens (including phenoxy) is 4. The van der Waals surface area contributed by atoms with E-state index in [0.717, 1.165) is 44.2 Å². The highest BCUT2D eigenvalue weighted by Gasteiger charge is 2.33. The molecule has 1 heterocycles. The molecule has 7 N–H and O–H groups in total. The summed E-state index contributed by atoms with van der Waals surface area (Å²) in [6.45, 7) is 5.41. The van der Waals surface area contributed by atoms with Gasteiger partial charge in [0.05, 0.1) is 57.4 Å². The number of aromatic nitrogens is 2. The Morgan fingerprint density at radius 2 is 1.06 bits per heavy atom. The summed E-state index contributed by atoms with van der Waals surface area (Å²) in [5.41, 5.74) is -0.423. The van der Waals surface area contributed by atoms with Crippen molar-refractivity contribution in [2.24, 2.45) is 5.92 Å². The van der Waals surface area contributed by atoms with Gasteiger partial charge in [-0.05, 0) is 46.0 Å². The first-order valence-electron chi connectivity index (χ1n) is 24.2. The van der Waals surface area contributed by atoms with Crippen molar-refractivity contribution in [3.05, 3.63) is 18.2 Å². The fourth-order valence-corrected chi connectivity index (χ4v) is 6.85. The Kier molecular flexibility index (Phi) is 35.8. The predicted octanol–water partition coefficient (Wildman–Crippen LogP) is 4.81. The highest BCUT2D eigenvalue weighted by Crippen LogP contribution is 2.19. The number of imidazole rings is 1. The van der Waals surface area contributed by atoms with E-state index in [2.05, 4.69) is 31.2 Å². The van der Waals surface area contributed by atoms with Crippen LogP contribution in [0.1, 0.15) is 154 Å². The SMILES string of the molecule is CC(C)(NC(=O)CCc1cnc[nH]1)C(=O)C[C@@H](CCCCNC(=O)COCCOCCNC(=O)COCCOCCNC(=O)CCCCCCCCCCCCCCCCC(=O)O)C(=O)O.